The summed E-state index contributed by atoms with van der Waals surface area (Å²) in [7, 11) is 0. The average molecular weight is 180 g/mol. The second-order valence-electron chi connectivity index (χ2n) is 3.16. The lowest BCUT2D eigenvalue weighted by molar-refractivity contribution is -0.181. The highest BCUT2D eigenvalue weighted by molar-refractivity contribution is 5.81. The van der Waals surface area contributed by atoms with Crippen LogP contribution in [0.2, 0.25) is 0 Å². The third kappa shape index (κ3) is 2.22. The van der Waals surface area contributed by atoms with Crippen LogP contribution in [0, 0.1) is 5.92 Å². The second-order valence-corrected chi connectivity index (χ2v) is 3.16. The number of halogens is 3. The van der Waals surface area contributed by atoms with Crippen molar-refractivity contribution in [1.82, 2.24) is 0 Å². The zero-order chi connectivity index (χ0) is 9.19. The number of alkyl halides is 3. The van der Waals surface area contributed by atoms with Gasteiger partial charge in [-0.05, 0) is 12.8 Å². The van der Waals surface area contributed by atoms with Gasteiger partial charge in [-0.2, -0.15) is 13.2 Å². The van der Waals surface area contributed by atoms with E-state index in [0.717, 1.165) is 6.42 Å². The fraction of sp³-hybridized carbons (Fsp3) is 0.875. The Balaban J connectivity index is 2.66. The third-order valence-corrected chi connectivity index (χ3v) is 2.20. The SMILES string of the molecule is O=C1CCCCC[C@@H]1C(F)(F)F. The Morgan fingerprint density at radius 2 is 1.83 bits per heavy atom. The number of Topliss-reactive ketones (excluding diaryl/α,β-unsaturated/α-hetero) is 1. The first-order valence-corrected chi connectivity index (χ1v) is 4.11. The van der Waals surface area contributed by atoms with Crippen molar-refractivity contribution in [3.05, 3.63) is 0 Å². The number of carbonyl (C=O) groups is 1. The maximum absolute atomic E-state index is 12.2. The van der Waals surface area contributed by atoms with Crippen LogP contribution in [0.5, 0.6) is 0 Å². The molecule has 1 aliphatic carbocycles. The van der Waals surface area contributed by atoms with E-state index in [9.17, 15) is 18.0 Å². The van der Waals surface area contributed by atoms with Gasteiger partial charge >= 0.3 is 6.18 Å². The van der Waals surface area contributed by atoms with Gasteiger partial charge in [-0.3, -0.25) is 4.79 Å². The van der Waals surface area contributed by atoms with Crippen LogP contribution in [0.25, 0.3) is 0 Å². The summed E-state index contributed by atoms with van der Waals surface area (Å²) in [6.45, 7) is 0. The van der Waals surface area contributed by atoms with E-state index >= 15 is 0 Å². The number of carbonyl (C=O) groups excluding carboxylic acids is 1. The average Bonchev–Trinajstić information content (AvgIpc) is 2.11. The topological polar surface area (TPSA) is 17.1 Å². The fourth-order valence-corrected chi connectivity index (χ4v) is 1.51. The van der Waals surface area contributed by atoms with E-state index in [1.807, 2.05) is 0 Å². The van der Waals surface area contributed by atoms with E-state index in [-0.39, 0.29) is 12.8 Å². The normalized spacial score (nSPS) is 26.9. The minimum Gasteiger partial charge on any atom is -0.299 e. The summed E-state index contributed by atoms with van der Waals surface area (Å²) in [5.74, 6) is -2.31. The molecule has 0 bridgehead atoms. The molecule has 1 rings (SSSR count). The van der Waals surface area contributed by atoms with E-state index in [0.29, 0.717) is 12.8 Å². The molecular weight excluding hydrogens is 169 g/mol. The van der Waals surface area contributed by atoms with Gasteiger partial charge in [-0.15, -0.1) is 0 Å². The Bertz CT molecular complexity index is 174. The fourth-order valence-electron chi connectivity index (χ4n) is 1.51. The number of hydrogen-bond donors (Lipinski definition) is 0. The number of rotatable bonds is 0. The third-order valence-electron chi connectivity index (χ3n) is 2.20. The molecule has 1 fully saturated rings. The quantitative estimate of drug-likeness (QED) is 0.524. The van der Waals surface area contributed by atoms with Crippen LogP contribution in [0.15, 0.2) is 0 Å². The summed E-state index contributed by atoms with van der Waals surface area (Å²) in [5, 5.41) is 0. The molecule has 0 spiro atoms. The molecule has 0 N–H and O–H groups in total. The largest absolute Gasteiger partial charge is 0.398 e. The summed E-state index contributed by atoms with van der Waals surface area (Å²) in [4.78, 5) is 10.9. The van der Waals surface area contributed by atoms with E-state index in [1.54, 1.807) is 0 Å². The summed E-state index contributed by atoms with van der Waals surface area (Å²) in [6, 6.07) is 0. The standard InChI is InChI=1S/C8H11F3O/c9-8(10,11)6-4-2-1-3-5-7(6)12/h6H,1-5H2/t6-/m0/s1. The first-order chi connectivity index (χ1) is 5.52. The van der Waals surface area contributed by atoms with Gasteiger partial charge in [0.05, 0.1) is 0 Å². The molecule has 0 aliphatic heterocycles. The van der Waals surface area contributed by atoms with E-state index in [2.05, 4.69) is 0 Å². The van der Waals surface area contributed by atoms with Gasteiger partial charge in [-0.25, -0.2) is 0 Å². The van der Waals surface area contributed by atoms with Crippen LogP contribution in [0.3, 0.4) is 0 Å². The molecule has 0 unspecified atom stereocenters. The van der Waals surface area contributed by atoms with Gasteiger partial charge in [0.1, 0.15) is 11.7 Å². The lowest BCUT2D eigenvalue weighted by Crippen LogP contribution is -2.29. The predicted molar refractivity (Wildman–Crippen MR) is 37.6 cm³/mol. The minimum atomic E-state index is -4.32. The highest BCUT2D eigenvalue weighted by Gasteiger charge is 2.44. The van der Waals surface area contributed by atoms with Crippen LogP contribution in [-0.2, 0) is 4.79 Å². The molecular formula is C8H11F3O. The van der Waals surface area contributed by atoms with Gasteiger partial charge < -0.3 is 0 Å². The molecule has 4 heteroatoms. The lowest BCUT2D eigenvalue weighted by atomic mass is 9.99. The van der Waals surface area contributed by atoms with Crippen molar-refractivity contribution in [1.29, 1.82) is 0 Å². The van der Waals surface area contributed by atoms with Crippen molar-refractivity contribution in [2.75, 3.05) is 0 Å². The van der Waals surface area contributed by atoms with Crippen LogP contribution in [0.1, 0.15) is 32.1 Å². The first kappa shape index (κ1) is 9.55. The lowest BCUT2D eigenvalue weighted by Gasteiger charge is -2.16. The smallest absolute Gasteiger partial charge is 0.299 e. The predicted octanol–water partition coefficient (Wildman–Crippen LogP) is 2.70. The Labute approximate surface area is 68.9 Å². The van der Waals surface area contributed by atoms with Crippen LogP contribution in [-0.4, -0.2) is 12.0 Å². The van der Waals surface area contributed by atoms with Crippen molar-refractivity contribution in [2.45, 2.75) is 38.3 Å². The number of ketones is 1. The van der Waals surface area contributed by atoms with E-state index in [4.69, 9.17) is 0 Å². The highest BCUT2D eigenvalue weighted by Crippen LogP contribution is 2.34. The molecule has 0 heterocycles. The van der Waals surface area contributed by atoms with Gasteiger partial charge in [0.2, 0.25) is 0 Å². The molecule has 12 heavy (non-hydrogen) atoms. The Hall–Kier alpha value is -0.540. The van der Waals surface area contributed by atoms with E-state index in [1.165, 1.54) is 0 Å². The molecule has 0 aromatic heterocycles. The summed E-state index contributed by atoms with van der Waals surface area (Å²) >= 11 is 0. The minimum absolute atomic E-state index is 0.0116. The first-order valence-electron chi connectivity index (χ1n) is 4.11. The molecule has 0 amide bonds. The second kappa shape index (κ2) is 3.46. The zero-order valence-corrected chi connectivity index (χ0v) is 6.66. The van der Waals surface area contributed by atoms with Gasteiger partial charge in [0, 0.05) is 6.42 Å². The molecule has 0 aromatic carbocycles. The Kier molecular flexibility index (Phi) is 2.75. The molecule has 1 atom stereocenters. The van der Waals surface area contributed by atoms with Crippen LogP contribution >= 0.6 is 0 Å². The molecule has 0 radical (unpaired) electrons. The maximum atomic E-state index is 12.2. The molecule has 70 valence electrons. The molecule has 0 saturated heterocycles. The monoisotopic (exact) mass is 180 g/mol. The highest BCUT2D eigenvalue weighted by atomic mass is 19.4. The Morgan fingerprint density at radius 3 is 2.42 bits per heavy atom. The van der Waals surface area contributed by atoms with Gasteiger partial charge in [0.15, 0.2) is 0 Å². The van der Waals surface area contributed by atoms with E-state index < -0.39 is 17.9 Å². The van der Waals surface area contributed by atoms with Crippen LogP contribution in [0.4, 0.5) is 13.2 Å². The summed E-state index contributed by atoms with van der Waals surface area (Å²) < 4.78 is 36.5. The summed E-state index contributed by atoms with van der Waals surface area (Å²) in [5.41, 5.74) is 0. The zero-order valence-electron chi connectivity index (χ0n) is 6.66. The van der Waals surface area contributed by atoms with Crippen molar-refractivity contribution in [3.8, 4) is 0 Å². The Morgan fingerprint density at radius 1 is 1.17 bits per heavy atom. The van der Waals surface area contributed by atoms with Crippen molar-refractivity contribution in [3.63, 3.8) is 0 Å². The number of hydrogen-bond acceptors (Lipinski definition) is 1. The van der Waals surface area contributed by atoms with Crippen molar-refractivity contribution in [2.24, 2.45) is 5.92 Å². The van der Waals surface area contributed by atoms with Crippen molar-refractivity contribution < 1.29 is 18.0 Å². The molecule has 1 nitrogen and oxygen atoms in total. The van der Waals surface area contributed by atoms with Crippen molar-refractivity contribution >= 4 is 5.78 Å². The summed E-state index contributed by atoms with van der Waals surface area (Å²) in [6.07, 6.45) is -2.34. The molecule has 1 aliphatic rings. The molecule has 0 aromatic rings. The van der Waals surface area contributed by atoms with Gasteiger partial charge in [-0.1, -0.05) is 12.8 Å². The molecule has 1 saturated carbocycles. The van der Waals surface area contributed by atoms with Gasteiger partial charge in [0.25, 0.3) is 0 Å². The maximum Gasteiger partial charge on any atom is 0.398 e. The van der Waals surface area contributed by atoms with Crippen LogP contribution < -0.4 is 0 Å².